The lowest BCUT2D eigenvalue weighted by Gasteiger charge is -2.13. The first-order valence-electron chi connectivity index (χ1n) is 5.06. The fourth-order valence-corrected chi connectivity index (χ4v) is 1.40. The molecule has 0 amide bonds. The number of ether oxygens (including phenoxy) is 1. The van der Waals surface area contributed by atoms with Gasteiger partial charge in [-0.2, -0.15) is 4.98 Å². The van der Waals surface area contributed by atoms with Crippen LogP contribution in [0.2, 0.25) is 0 Å². The molecular weight excluding hydrogens is 202 g/mol. The summed E-state index contributed by atoms with van der Waals surface area (Å²) in [7, 11) is 0. The van der Waals surface area contributed by atoms with Crippen LogP contribution in [0.1, 0.15) is 18.6 Å². The standard InChI is InChI=1S/C12H13N3O/c1-9(10-5-3-2-4-6-10)16-11-7-8-14-12(13)15-11/h2-9H,1H3,(H2,13,14,15). The fraction of sp³-hybridized carbons (Fsp3) is 0.167. The summed E-state index contributed by atoms with van der Waals surface area (Å²) in [6, 6.07) is 11.6. The molecular formula is C12H13N3O. The molecule has 0 aliphatic carbocycles. The summed E-state index contributed by atoms with van der Waals surface area (Å²) in [6.45, 7) is 1.97. The van der Waals surface area contributed by atoms with Gasteiger partial charge in [-0.05, 0) is 12.5 Å². The van der Waals surface area contributed by atoms with Gasteiger partial charge in [0.25, 0.3) is 0 Å². The van der Waals surface area contributed by atoms with Crippen molar-refractivity contribution in [1.82, 2.24) is 9.97 Å². The van der Waals surface area contributed by atoms with E-state index in [1.165, 1.54) is 0 Å². The van der Waals surface area contributed by atoms with Crippen LogP contribution in [0.3, 0.4) is 0 Å². The Hall–Kier alpha value is -2.10. The van der Waals surface area contributed by atoms with Crippen molar-refractivity contribution in [2.24, 2.45) is 0 Å². The molecule has 82 valence electrons. The molecule has 1 atom stereocenters. The van der Waals surface area contributed by atoms with Crippen molar-refractivity contribution >= 4 is 5.95 Å². The first-order valence-corrected chi connectivity index (χ1v) is 5.06. The number of nitrogens with zero attached hydrogens (tertiary/aromatic N) is 2. The molecule has 16 heavy (non-hydrogen) atoms. The average Bonchev–Trinajstić information content (AvgIpc) is 2.30. The smallest absolute Gasteiger partial charge is 0.223 e. The average molecular weight is 215 g/mol. The zero-order chi connectivity index (χ0) is 11.4. The topological polar surface area (TPSA) is 61.0 Å². The molecule has 0 aliphatic rings. The minimum atomic E-state index is -0.0597. The third-order valence-corrected chi connectivity index (χ3v) is 2.22. The summed E-state index contributed by atoms with van der Waals surface area (Å²) in [4.78, 5) is 7.79. The van der Waals surface area contributed by atoms with Crippen LogP contribution in [0.4, 0.5) is 5.95 Å². The number of rotatable bonds is 3. The van der Waals surface area contributed by atoms with E-state index in [1.807, 2.05) is 37.3 Å². The van der Waals surface area contributed by atoms with E-state index in [4.69, 9.17) is 10.5 Å². The third-order valence-electron chi connectivity index (χ3n) is 2.22. The lowest BCUT2D eigenvalue weighted by Crippen LogP contribution is -2.05. The zero-order valence-corrected chi connectivity index (χ0v) is 9.00. The molecule has 0 fully saturated rings. The maximum Gasteiger partial charge on any atom is 0.223 e. The Morgan fingerprint density at radius 1 is 1.19 bits per heavy atom. The van der Waals surface area contributed by atoms with Crippen molar-refractivity contribution in [3.63, 3.8) is 0 Å². The van der Waals surface area contributed by atoms with E-state index in [0.29, 0.717) is 5.88 Å². The van der Waals surface area contributed by atoms with Crippen LogP contribution in [0.5, 0.6) is 5.88 Å². The molecule has 2 rings (SSSR count). The van der Waals surface area contributed by atoms with Crippen LogP contribution in [0.25, 0.3) is 0 Å². The number of hydrogen-bond donors (Lipinski definition) is 1. The van der Waals surface area contributed by atoms with E-state index in [0.717, 1.165) is 5.56 Å². The zero-order valence-electron chi connectivity index (χ0n) is 9.00. The van der Waals surface area contributed by atoms with Crippen molar-refractivity contribution in [3.8, 4) is 5.88 Å². The molecule has 1 aromatic carbocycles. The monoisotopic (exact) mass is 215 g/mol. The van der Waals surface area contributed by atoms with Crippen molar-refractivity contribution in [2.75, 3.05) is 5.73 Å². The Balaban J connectivity index is 2.11. The highest BCUT2D eigenvalue weighted by atomic mass is 16.5. The van der Waals surface area contributed by atoms with E-state index in [2.05, 4.69) is 9.97 Å². The second-order valence-corrected chi connectivity index (χ2v) is 3.42. The maximum atomic E-state index is 5.65. The van der Waals surface area contributed by atoms with Gasteiger partial charge < -0.3 is 10.5 Å². The predicted molar refractivity (Wildman–Crippen MR) is 61.9 cm³/mol. The summed E-state index contributed by atoms with van der Waals surface area (Å²) >= 11 is 0. The van der Waals surface area contributed by atoms with Crippen molar-refractivity contribution < 1.29 is 4.74 Å². The number of aromatic nitrogens is 2. The highest BCUT2D eigenvalue weighted by Crippen LogP contribution is 2.19. The highest BCUT2D eigenvalue weighted by Gasteiger charge is 2.07. The summed E-state index contributed by atoms with van der Waals surface area (Å²) in [6.07, 6.45) is 1.52. The Morgan fingerprint density at radius 3 is 2.62 bits per heavy atom. The van der Waals surface area contributed by atoms with Gasteiger partial charge in [0.15, 0.2) is 0 Å². The Labute approximate surface area is 94.1 Å². The van der Waals surface area contributed by atoms with Gasteiger partial charge in [-0.25, -0.2) is 4.98 Å². The molecule has 0 aliphatic heterocycles. The summed E-state index contributed by atoms with van der Waals surface area (Å²) < 4.78 is 5.65. The number of anilines is 1. The number of hydrogen-bond acceptors (Lipinski definition) is 4. The van der Waals surface area contributed by atoms with Crippen LogP contribution in [-0.2, 0) is 0 Å². The van der Waals surface area contributed by atoms with Gasteiger partial charge in [-0.3, -0.25) is 0 Å². The van der Waals surface area contributed by atoms with Gasteiger partial charge in [-0.15, -0.1) is 0 Å². The SMILES string of the molecule is CC(Oc1ccnc(N)n1)c1ccccc1. The molecule has 1 heterocycles. The van der Waals surface area contributed by atoms with Gasteiger partial charge in [0.2, 0.25) is 11.8 Å². The first-order chi connectivity index (χ1) is 7.75. The second-order valence-electron chi connectivity index (χ2n) is 3.42. The largest absolute Gasteiger partial charge is 0.470 e. The van der Waals surface area contributed by atoms with Gasteiger partial charge >= 0.3 is 0 Å². The van der Waals surface area contributed by atoms with E-state index >= 15 is 0 Å². The Morgan fingerprint density at radius 2 is 1.94 bits per heavy atom. The van der Waals surface area contributed by atoms with Crippen molar-refractivity contribution in [2.45, 2.75) is 13.0 Å². The highest BCUT2D eigenvalue weighted by molar-refractivity contribution is 5.23. The second kappa shape index (κ2) is 4.61. The Bertz CT molecular complexity index is 459. The molecule has 2 N–H and O–H groups in total. The Kier molecular flexibility index (Phi) is 3.00. The maximum absolute atomic E-state index is 5.65. The third kappa shape index (κ3) is 2.48. The summed E-state index contributed by atoms with van der Waals surface area (Å²) in [5.74, 6) is 0.710. The fourth-order valence-electron chi connectivity index (χ4n) is 1.40. The molecule has 1 aromatic heterocycles. The summed E-state index contributed by atoms with van der Waals surface area (Å²) in [5, 5.41) is 0. The predicted octanol–water partition coefficient (Wildman–Crippen LogP) is 2.20. The van der Waals surface area contributed by atoms with Gasteiger partial charge in [0, 0.05) is 12.3 Å². The molecule has 4 heteroatoms. The number of benzene rings is 1. The van der Waals surface area contributed by atoms with E-state index in [1.54, 1.807) is 12.3 Å². The summed E-state index contributed by atoms with van der Waals surface area (Å²) in [5.41, 5.74) is 6.57. The molecule has 0 saturated carbocycles. The van der Waals surface area contributed by atoms with E-state index in [9.17, 15) is 0 Å². The van der Waals surface area contributed by atoms with Crippen molar-refractivity contribution in [1.29, 1.82) is 0 Å². The van der Waals surface area contributed by atoms with E-state index in [-0.39, 0.29) is 12.1 Å². The van der Waals surface area contributed by atoms with Crippen LogP contribution < -0.4 is 10.5 Å². The molecule has 0 spiro atoms. The quantitative estimate of drug-likeness (QED) is 0.852. The molecule has 0 radical (unpaired) electrons. The van der Waals surface area contributed by atoms with Crippen molar-refractivity contribution in [3.05, 3.63) is 48.2 Å². The van der Waals surface area contributed by atoms with E-state index < -0.39 is 0 Å². The lowest BCUT2D eigenvalue weighted by molar-refractivity contribution is 0.217. The van der Waals surface area contributed by atoms with Crippen LogP contribution in [-0.4, -0.2) is 9.97 Å². The molecule has 0 saturated heterocycles. The van der Waals surface area contributed by atoms with Gasteiger partial charge in [0.05, 0.1) is 0 Å². The van der Waals surface area contributed by atoms with Gasteiger partial charge in [-0.1, -0.05) is 30.3 Å². The minimum Gasteiger partial charge on any atom is -0.470 e. The number of nitrogens with two attached hydrogens (primary N) is 1. The lowest BCUT2D eigenvalue weighted by atomic mass is 10.1. The molecule has 4 nitrogen and oxygen atoms in total. The normalized spacial score (nSPS) is 12.1. The minimum absolute atomic E-state index is 0.0597. The van der Waals surface area contributed by atoms with Crippen LogP contribution in [0, 0.1) is 0 Å². The van der Waals surface area contributed by atoms with Crippen LogP contribution in [0.15, 0.2) is 42.6 Å². The first kappa shape index (κ1) is 10.4. The number of nitrogen functional groups attached to an aromatic ring is 1. The van der Waals surface area contributed by atoms with Crippen LogP contribution >= 0.6 is 0 Å². The molecule has 1 unspecified atom stereocenters. The molecule has 2 aromatic rings. The molecule has 0 bridgehead atoms. The van der Waals surface area contributed by atoms with Gasteiger partial charge in [0.1, 0.15) is 6.10 Å².